The molecule has 90 valence electrons. The molecule has 3 rings (SSSR count). The minimum Gasteiger partial charge on any atom is -0.480 e. The highest BCUT2D eigenvalue weighted by Gasteiger charge is 2.45. The molecule has 0 amide bonds. The standard InChI is InChI=1S/C14H17NO2/c16-14(17)13(10-4-2-1-3-5-10)15(11-6-7-11)12-8-9-12/h1-5,11-13H,6-9H2,(H,16,17). The van der Waals surface area contributed by atoms with Gasteiger partial charge in [-0.15, -0.1) is 0 Å². The topological polar surface area (TPSA) is 40.5 Å². The minimum atomic E-state index is -0.713. The van der Waals surface area contributed by atoms with Gasteiger partial charge in [-0.25, -0.2) is 0 Å². The number of benzene rings is 1. The van der Waals surface area contributed by atoms with E-state index in [0.29, 0.717) is 12.1 Å². The molecule has 17 heavy (non-hydrogen) atoms. The first-order valence-corrected chi connectivity index (χ1v) is 6.32. The van der Waals surface area contributed by atoms with Crippen molar-refractivity contribution in [1.82, 2.24) is 4.90 Å². The first kappa shape index (κ1) is 10.8. The molecule has 0 aromatic heterocycles. The average Bonchev–Trinajstić information content (AvgIpc) is 3.18. The lowest BCUT2D eigenvalue weighted by Crippen LogP contribution is -2.37. The number of carbonyl (C=O) groups is 1. The van der Waals surface area contributed by atoms with Crippen molar-refractivity contribution in [3.8, 4) is 0 Å². The predicted molar refractivity (Wildman–Crippen MR) is 64.7 cm³/mol. The van der Waals surface area contributed by atoms with E-state index in [0.717, 1.165) is 31.2 Å². The molecule has 3 heteroatoms. The number of rotatable bonds is 5. The fourth-order valence-corrected chi connectivity index (χ4v) is 2.54. The van der Waals surface area contributed by atoms with E-state index in [2.05, 4.69) is 4.90 Å². The monoisotopic (exact) mass is 231 g/mol. The summed E-state index contributed by atoms with van der Waals surface area (Å²) in [6, 6.07) is 10.2. The van der Waals surface area contributed by atoms with Gasteiger partial charge < -0.3 is 5.11 Å². The molecule has 1 aromatic rings. The van der Waals surface area contributed by atoms with Crippen molar-refractivity contribution in [3.63, 3.8) is 0 Å². The molecule has 1 aromatic carbocycles. The Morgan fingerprint density at radius 1 is 1.12 bits per heavy atom. The molecule has 2 aliphatic rings. The molecular formula is C14H17NO2. The molecule has 0 bridgehead atoms. The molecule has 1 atom stereocenters. The normalized spacial score (nSPS) is 21.5. The smallest absolute Gasteiger partial charge is 0.325 e. The van der Waals surface area contributed by atoms with E-state index >= 15 is 0 Å². The Labute approximate surface area is 101 Å². The van der Waals surface area contributed by atoms with Gasteiger partial charge in [-0.1, -0.05) is 30.3 Å². The first-order chi connectivity index (χ1) is 8.27. The summed E-state index contributed by atoms with van der Waals surface area (Å²) >= 11 is 0. The molecule has 1 N–H and O–H groups in total. The second-order valence-electron chi connectivity index (χ2n) is 5.06. The van der Waals surface area contributed by atoms with Gasteiger partial charge >= 0.3 is 5.97 Å². The number of carboxylic acid groups (broad SMARTS) is 1. The van der Waals surface area contributed by atoms with Crippen molar-refractivity contribution < 1.29 is 9.90 Å². The van der Waals surface area contributed by atoms with Gasteiger partial charge in [-0.2, -0.15) is 0 Å². The van der Waals surface area contributed by atoms with Crippen LogP contribution in [0.2, 0.25) is 0 Å². The molecule has 0 saturated heterocycles. The van der Waals surface area contributed by atoms with Crippen LogP contribution in [-0.2, 0) is 4.79 Å². The van der Waals surface area contributed by atoms with E-state index in [1.54, 1.807) is 0 Å². The lowest BCUT2D eigenvalue weighted by molar-refractivity contribution is -0.144. The van der Waals surface area contributed by atoms with Crippen LogP contribution >= 0.6 is 0 Å². The summed E-state index contributed by atoms with van der Waals surface area (Å²) in [5, 5.41) is 9.51. The van der Waals surface area contributed by atoms with Crippen LogP contribution in [0.1, 0.15) is 37.3 Å². The van der Waals surface area contributed by atoms with Gasteiger partial charge in [0.15, 0.2) is 0 Å². The van der Waals surface area contributed by atoms with Crippen molar-refractivity contribution in [2.45, 2.75) is 43.8 Å². The molecule has 2 saturated carbocycles. The van der Waals surface area contributed by atoms with Crippen LogP contribution in [0.5, 0.6) is 0 Å². The first-order valence-electron chi connectivity index (χ1n) is 6.32. The van der Waals surface area contributed by atoms with Gasteiger partial charge in [0.2, 0.25) is 0 Å². The molecular weight excluding hydrogens is 214 g/mol. The largest absolute Gasteiger partial charge is 0.480 e. The highest BCUT2D eigenvalue weighted by atomic mass is 16.4. The fourth-order valence-electron chi connectivity index (χ4n) is 2.54. The highest BCUT2D eigenvalue weighted by Crippen LogP contribution is 2.43. The second kappa shape index (κ2) is 4.15. The van der Waals surface area contributed by atoms with Crippen LogP contribution in [0.25, 0.3) is 0 Å². The summed E-state index contributed by atoms with van der Waals surface area (Å²) in [6.45, 7) is 0. The Kier molecular flexibility index (Phi) is 2.63. The van der Waals surface area contributed by atoms with Crippen LogP contribution in [0.4, 0.5) is 0 Å². The summed E-state index contributed by atoms with van der Waals surface area (Å²) in [5.74, 6) is -0.713. The molecule has 0 spiro atoms. The molecule has 0 radical (unpaired) electrons. The minimum absolute atomic E-state index is 0.448. The lowest BCUT2D eigenvalue weighted by Gasteiger charge is -2.29. The van der Waals surface area contributed by atoms with E-state index in [9.17, 15) is 9.90 Å². The van der Waals surface area contributed by atoms with Gasteiger partial charge in [0.05, 0.1) is 0 Å². The Bertz CT molecular complexity index is 397. The molecule has 2 aliphatic carbocycles. The fraction of sp³-hybridized carbons (Fsp3) is 0.500. The van der Waals surface area contributed by atoms with Crippen LogP contribution in [0, 0.1) is 0 Å². The third-order valence-corrected chi connectivity index (χ3v) is 3.58. The summed E-state index contributed by atoms with van der Waals surface area (Å²) in [6.07, 6.45) is 4.64. The third kappa shape index (κ3) is 2.20. The predicted octanol–water partition coefficient (Wildman–Crippen LogP) is 2.44. The van der Waals surface area contributed by atoms with Crippen molar-refractivity contribution in [2.75, 3.05) is 0 Å². The van der Waals surface area contributed by atoms with Gasteiger partial charge in [0.1, 0.15) is 6.04 Å². The summed E-state index contributed by atoms with van der Waals surface area (Å²) in [4.78, 5) is 13.8. The Morgan fingerprint density at radius 2 is 1.65 bits per heavy atom. The van der Waals surface area contributed by atoms with E-state index in [-0.39, 0.29) is 0 Å². The Hall–Kier alpha value is -1.35. The zero-order valence-corrected chi connectivity index (χ0v) is 9.75. The van der Waals surface area contributed by atoms with Crippen LogP contribution < -0.4 is 0 Å². The number of aliphatic carboxylic acids is 1. The summed E-state index contributed by atoms with van der Waals surface area (Å²) in [7, 11) is 0. The van der Waals surface area contributed by atoms with Crippen molar-refractivity contribution in [2.24, 2.45) is 0 Å². The van der Waals surface area contributed by atoms with Crippen LogP contribution in [0.15, 0.2) is 30.3 Å². The number of nitrogens with zero attached hydrogens (tertiary/aromatic N) is 1. The quantitative estimate of drug-likeness (QED) is 0.846. The highest BCUT2D eigenvalue weighted by molar-refractivity contribution is 5.75. The van der Waals surface area contributed by atoms with Crippen molar-refractivity contribution in [3.05, 3.63) is 35.9 Å². The maximum absolute atomic E-state index is 11.6. The Balaban J connectivity index is 1.90. The van der Waals surface area contributed by atoms with Crippen molar-refractivity contribution >= 4 is 5.97 Å². The second-order valence-corrected chi connectivity index (χ2v) is 5.06. The number of hydrogen-bond donors (Lipinski definition) is 1. The molecule has 3 nitrogen and oxygen atoms in total. The van der Waals surface area contributed by atoms with E-state index in [1.807, 2.05) is 30.3 Å². The van der Waals surface area contributed by atoms with Crippen LogP contribution in [0.3, 0.4) is 0 Å². The summed E-state index contributed by atoms with van der Waals surface area (Å²) < 4.78 is 0. The molecule has 0 aliphatic heterocycles. The Morgan fingerprint density at radius 3 is 2.06 bits per heavy atom. The lowest BCUT2D eigenvalue weighted by atomic mass is 10.0. The molecule has 0 heterocycles. The van der Waals surface area contributed by atoms with Crippen molar-refractivity contribution in [1.29, 1.82) is 0 Å². The molecule has 2 fully saturated rings. The van der Waals surface area contributed by atoms with Gasteiger partial charge in [0.25, 0.3) is 0 Å². The SMILES string of the molecule is O=C(O)C(c1ccccc1)N(C1CC1)C1CC1. The summed E-state index contributed by atoms with van der Waals surface area (Å²) in [5.41, 5.74) is 0.916. The molecule has 1 unspecified atom stereocenters. The van der Waals surface area contributed by atoms with Gasteiger partial charge in [-0.3, -0.25) is 9.69 Å². The zero-order valence-electron chi connectivity index (χ0n) is 9.75. The van der Waals surface area contributed by atoms with Crippen LogP contribution in [-0.4, -0.2) is 28.1 Å². The van der Waals surface area contributed by atoms with E-state index in [1.165, 1.54) is 0 Å². The van der Waals surface area contributed by atoms with E-state index < -0.39 is 12.0 Å². The average molecular weight is 231 g/mol. The van der Waals surface area contributed by atoms with E-state index in [4.69, 9.17) is 0 Å². The number of carboxylic acids is 1. The maximum atomic E-state index is 11.6. The zero-order chi connectivity index (χ0) is 11.8. The maximum Gasteiger partial charge on any atom is 0.325 e. The number of hydrogen-bond acceptors (Lipinski definition) is 2. The third-order valence-electron chi connectivity index (χ3n) is 3.58. The van der Waals surface area contributed by atoms with Gasteiger partial charge in [0, 0.05) is 12.1 Å². The van der Waals surface area contributed by atoms with Gasteiger partial charge in [-0.05, 0) is 31.2 Å².